The molecule has 7 heteroatoms. The van der Waals surface area contributed by atoms with E-state index in [0.29, 0.717) is 32.0 Å². The number of carbonyl (C=O) groups is 2. The van der Waals surface area contributed by atoms with Crippen molar-refractivity contribution in [3.05, 3.63) is 0 Å². The van der Waals surface area contributed by atoms with Crippen LogP contribution in [0, 0.1) is 5.92 Å². The van der Waals surface area contributed by atoms with Gasteiger partial charge in [-0.05, 0) is 39.0 Å². The van der Waals surface area contributed by atoms with Gasteiger partial charge in [0, 0.05) is 25.7 Å². The first-order valence-electron chi connectivity index (χ1n) is 8.14. The van der Waals surface area contributed by atoms with Gasteiger partial charge in [0.25, 0.3) is 0 Å². The van der Waals surface area contributed by atoms with E-state index in [9.17, 15) is 14.7 Å². The van der Waals surface area contributed by atoms with Gasteiger partial charge in [0.05, 0.1) is 18.2 Å². The summed E-state index contributed by atoms with van der Waals surface area (Å²) in [4.78, 5) is 25.8. The molecular weight excluding hydrogens is 284 g/mol. The third-order valence-corrected chi connectivity index (χ3v) is 4.74. The molecule has 2 rings (SSSR count). The Hall–Kier alpha value is -1.18. The second kappa shape index (κ2) is 7.39. The number of hydrogen-bond acceptors (Lipinski definition) is 5. The fraction of sp³-hybridized carbons (Fsp3) is 0.867. The van der Waals surface area contributed by atoms with E-state index >= 15 is 0 Å². The molecule has 0 bridgehead atoms. The molecule has 0 spiro atoms. The van der Waals surface area contributed by atoms with E-state index in [1.54, 1.807) is 6.92 Å². The molecule has 2 aliphatic rings. The number of amides is 2. The summed E-state index contributed by atoms with van der Waals surface area (Å²) in [6.07, 6.45) is 1.79. The van der Waals surface area contributed by atoms with Gasteiger partial charge in [-0.15, -0.1) is 0 Å². The van der Waals surface area contributed by atoms with E-state index in [0.717, 1.165) is 12.8 Å². The summed E-state index contributed by atoms with van der Waals surface area (Å²) < 4.78 is 0. The number of β-amino-alcohol motifs (C(OH)–C–C–N with tert-alkyl or cyclic N) is 1. The lowest BCUT2D eigenvalue weighted by atomic mass is 9.90. The number of nitrogens with zero attached hydrogens (tertiary/aromatic N) is 1. The summed E-state index contributed by atoms with van der Waals surface area (Å²) in [6, 6.07) is -0.676. The van der Waals surface area contributed by atoms with Crippen LogP contribution < -0.4 is 16.4 Å². The number of nitrogens with two attached hydrogens (primary N) is 1. The molecule has 22 heavy (non-hydrogen) atoms. The minimum atomic E-state index is -0.450. The summed E-state index contributed by atoms with van der Waals surface area (Å²) in [5, 5.41) is 15.5. The molecule has 2 amide bonds. The highest BCUT2D eigenvalue weighted by molar-refractivity contribution is 5.82. The van der Waals surface area contributed by atoms with Crippen LogP contribution in [0.15, 0.2) is 0 Å². The molecule has 2 unspecified atom stereocenters. The zero-order chi connectivity index (χ0) is 16.3. The van der Waals surface area contributed by atoms with Gasteiger partial charge in [0.15, 0.2) is 0 Å². The Labute approximate surface area is 131 Å². The maximum atomic E-state index is 12.1. The van der Waals surface area contributed by atoms with Crippen LogP contribution in [0.1, 0.15) is 33.1 Å². The molecule has 0 aromatic heterocycles. The number of aliphatic hydroxyl groups is 1. The molecule has 0 aromatic rings. The van der Waals surface area contributed by atoms with Gasteiger partial charge in [-0.3, -0.25) is 9.59 Å². The molecule has 0 aromatic carbocycles. The van der Waals surface area contributed by atoms with E-state index in [1.807, 2.05) is 11.8 Å². The lowest BCUT2D eigenvalue weighted by molar-refractivity contribution is -0.134. The van der Waals surface area contributed by atoms with Crippen molar-refractivity contribution in [1.29, 1.82) is 0 Å². The van der Waals surface area contributed by atoms with Gasteiger partial charge in [-0.1, -0.05) is 0 Å². The van der Waals surface area contributed by atoms with Crippen LogP contribution in [0.5, 0.6) is 0 Å². The Kier molecular flexibility index (Phi) is 5.77. The molecule has 5 N–H and O–H groups in total. The van der Waals surface area contributed by atoms with E-state index < -0.39 is 12.1 Å². The lowest BCUT2D eigenvalue weighted by Gasteiger charge is -2.36. The molecule has 4 atom stereocenters. The highest BCUT2D eigenvalue weighted by Gasteiger charge is 2.32. The molecular formula is C15H28N4O3. The summed E-state index contributed by atoms with van der Waals surface area (Å²) in [6.45, 7) is 5.60. The highest BCUT2D eigenvalue weighted by Crippen LogP contribution is 2.21. The average molecular weight is 312 g/mol. The van der Waals surface area contributed by atoms with E-state index in [1.165, 1.54) is 0 Å². The van der Waals surface area contributed by atoms with Crippen molar-refractivity contribution in [2.45, 2.75) is 57.3 Å². The van der Waals surface area contributed by atoms with Crippen molar-refractivity contribution in [1.82, 2.24) is 15.5 Å². The number of rotatable bonds is 4. The molecule has 7 nitrogen and oxygen atoms in total. The zero-order valence-corrected chi connectivity index (χ0v) is 13.4. The van der Waals surface area contributed by atoms with Crippen molar-refractivity contribution in [2.24, 2.45) is 11.7 Å². The van der Waals surface area contributed by atoms with Gasteiger partial charge in [-0.2, -0.15) is 0 Å². The van der Waals surface area contributed by atoms with E-state index in [-0.39, 0.29) is 23.9 Å². The number of piperidine rings is 1. The molecule has 0 radical (unpaired) electrons. The van der Waals surface area contributed by atoms with Crippen LogP contribution in [0.4, 0.5) is 0 Å². The largest absolute Gasteiger partial charge is 0.392 e. The van der Waals surface area contributed by atoms with Crippen molar-refractivity contribution in [3.63, 3.8) is 0 Å². The topological polar surface area (TPSA) is 108 Å². The fourth-order valence-electron chi connectivity index (χ4n) is 3.27. The van der Waals surface area contributed by atoms with Gasteiger partial charge in [0.2, 0.25) is 11.8 Å². The molecule has 126 valence electrons. The summed E-state index contributed by atoms with van der Waals surface area (Å²) in [5.41, 5.74) is 5.63. The van der Waals surface area contributed by atoms with Crippen LogP contribution >= 0.6 is 0 Å². The molecule has 0 aliphatic carbocycles. The fourth-order valence-corrected chi connectivity index (χ4v) is 3.27. The van der Waals surface area contributed by atoms with Crippen LogP contribution in [0.25, 0.3) is 0 Å². The molecule has 2 aliphatic heterocycles. The molecule has 2 heterocycles. The zero-order valence-electron chi connectivity index (χ0n) is 13.4. The van der Waals surface area contributed by atoms with Crippen molar-refractivity contribution in [3.8, 4) is 0 Å². The first kappa shape index (κ1) is 17.2. The Bertz CT molecular complexity index is 408. The number of hydrogen-bond donors (Lipinski definition) is 4. The Balaban J connectivity index is 1.76. The van der Waals surface area contributed by atoms with Crippen molar-refractivity contribution in [2.75, 3.05) is 19.6 Å². The SMILES string of the molecule is CC(N)C(=O)N1CCC(C(C)NC(=O)[C@H]2C[C@H](O)CN2)CC1. The van der Waals surface area contributed by atoms with Gasteiger partial charge < -0.3 is 26.4 Å². The second-order valence-electron chi connectivity index (χ2n) is 6.60. The minimum absolute atomic E-state index is 0.000665. The maximum Gasteiger partial charge on any atom is 0.239 e. The number of aliphatic hydroxyl groups excluding tert-OH is 1. The van der Waals surface area contributed by atoms with Gasteiger partial charge >= 0.3 is 0 Å². The third kappa shape index (κ3) is 4.18. The highest BCUT2D eigenvalue weighted by atomic mass is 16.3. The van der Waals surface area contributed by atoms with Gasteiger partial charge in [0.1, 0.15) is 0 Å². The number of nitrogens with one attached hydrogen (secondary N) is 2. The van der Waals surface area contributed by atoms with E-state index in [4.69, 9.17) is 5.73 Å². The summed E-state index contributed by atoms with van der Waals surface area (Å²) in [5.74, 6) is 0.324. The maximum absolute atomic E-state index is 12.1. The summed E-state index contributed by atoms with van der Waals surface area (Å²) in [7, 11) is 0. The van der Waals surface area contributed by atoms with Crippen LogP contribution in [-0.2, 0) is 9.59 Å². The smallest absolute Gasteiger partial charge is 0.239 e. The molecule has 2 saturated heterocycles. The third-order valence-electron chi connectivity index (χ3n) is 4.74. The van der Waals surface area contributed by atoms with Crippen LogP contribution in [0.3, 0.4) is 0 Å². The first-order chi connectivity index (χ1) is 10.4. The minimum Gasteiger partial charge on any atom is -0.392 e. The van der Waals surface area contributed by atoms with Crippen molar-refractivity contribution < 1.29 is 14.7 Å². The number of carbonyl (C=O) groups excluding carboxylic acids is 2. The van der Waals surface area contributed by atoms with Gasteiger partial charge in [-0.25, -0.2) is 0 Å². The molecule has 2 fully saturated rings. The first-order valence-corrected chi connectivity index (χ1v) is 8.14. The normalized spacial score (nSPS) is 29.2. The average Bonchev–Trinajstić information content (AvgIpc) is 2.93. The summed E-state index contributed by atoms with van der Waals surface area (Å²) >= 11 is 0. The van der Waals surface area contributed by atoms with E-state index in [2.05, 4.69) is 10.6 Å². The van der Waals surface area contributed by atoms with Crippen LogP contribution in [0.2, 0.25) is 0 Å². The predicted molar refractivity (Wildman–Crippen MR) is 83.0 cm³/mol. The Morgan fingerprint density at radius 3 is 2.45 bits per heavy atom. The van der Waals surface area contributed by atoms with Crippen LogP contribution in [-0.4, -0.2) is 65.7 Å². The standard InChI is InChI=1S/C15H28N4O3/c1-9(16)15(22)19-5-3-11(4-6-19)10(2)18-14(21)13-7-12(20)8-17-13/h9-13,17,20H,3-8,16H2,1-2H3,(H,18,21)/t9?,10?,12-,13+/m0/s1. The lowest BCUT2D eigenvalue weighted by Crippen LogP contribution is -2.51. The van der Waals surface area contributed by atoms with Crippen molar-refractivity contribution >= 4 is 11.8 Å². The predicted octanol–water partition coefficient (Wildman–Crippen LogP) is -1.20. The molecule has 0 saturated carbocycles. The monoisotopic (exact) mass is 312 g/mol. The quantitative estimate of drug-likeness (QED) is 0.521. The number of likely N-dealkylation sites (tertiary alicyclic amines) is 1. The second-order valence-corrected chi connectivity index (χ2v) is 6.60. The Morgan fingerprint density at radius 1 is 1.32 bits per heavy atom. The Morgan fingerprint density at radius 2 is 1.95 bits per heavy atom.